The number of carbonyl (C=O) groups excluding carboxylic acids is 1. The van der Waals surface area contributed by atoms with Crippen LogP contribution in [0.15, 0.2) is 36.9 Å². The fraction of sp³-hybridized carbons (Fsp3) is 0.381. The van der Waals surface area contributed by atoms with Crippen molar-refractivity contribution in [1.82, 2.24) is 19.4 Å². The molecule has 3 aromatic rings. The molecule has 3 aromatic heterocycles. The lowest BCUT2D eigenvalue weighted by molar-refractivity contribution is -0.135. The predicted molar refractivity (Wildman–Crippen MR) is 109 cm³/mol. The summed E-state index contributed by atoms with van der Waals surface area (Å²) in [7, 11) is 0. The van der Waals surface area contributed by atoms with Gasteiger partial charge in [-0.2, -0.15) is 0 Å². The highest BCUT2D eigenvalue weighted by atomic mass is 16.2. The van der Waals surface area contributed by atoms with Gasteiger partial charge in [-0.1, -0.05) is 13.8 Å². The van der Waals surface area contributed by atoms with Gasteiger partial charge in [0.2, 0.25) is 5.91 Å². The van der Waals surface area contributed by atoms with Crippen molar-refractivity contribution in [3.63, 3.8) is 0 Å². The van der Waals surface area contributed by atoms with Crippen LogP contribution in [0.2, 0.25) is 0 Å². The van der Waals surface area contributed by atoms with Gasteiger partial charge in [0.15, 0.2) is 0 Å². The number of nitrogens with zero attached hydrogens (tertiary/aromatic N) is 4. The average molecular weight is 365 g/mol. The van der Waals surface area contributed by atoms with Crippen molar-refractivity contribution in [2.45, 2.75) is 40.7 Å². The number of hydrogen-bond acceptors (Lipinski definition) is 4. The largest absolute Gasteiger partial charge is 0.341 e. The Morgan fingerprint density at radius 3 is 2.48 bits per heavy atom. The smallest absolute Gasteiger partial charge is 0.242 e. The van der Waals surface area contributed by atoms with E-state index >= 15 is 0 Å². The standard InChI is InChI=1S/C19H21N5O.C2H6/c1-13-10-20-11-14(2)18(13)22-19-15-5-9-24(16(15)4-6-21-19)12-17(25)23-7-3-8-23;1-2/h4-6,9-11H,3,7-8,12H2,1-2H3,(H,20,21,22);1-2H3. The van der Waals surface area contributed by atoms with E-state index in [1.165, 1.54) is 0 Å². The number of anilines is 2. The van der Waals surface area contributed by atoms with E-state index in [4.69, 9.17) is 0 Å². The minimum atomic E-state index is 0.177. The number of carbonyl (C=O) groups is 1. The predicted octanol–water partition coefficient (Wildman–Crippen LogP) is 4.05. The SMILES string of the molecule is CC.Cc1cncc(C)c1Nc1nccc2c1ccn2CC(=O)N1CCC1. The second-order valence-corrected chi connectivity index (χ2v) is 6.54. The lowest BCUT2D eigenvalue weighted by Gasteiger charge is -2.31. The van der Waals surface area contributed by atoms with Crippen molar-refractivity contribution in [3.8, 4) is 0 Å². The van der Waals surface area contributed by atoms with Gasteiger partial charge >= 0.3 is 0 Å². The summed E-state index contributed by atoms with van der Waals surface area (Å²) in [5.74, 6) is 0.973. The van der Waals surface area contributed by atoms with Gasteiger partial charge in [0.25, 0.3) is 0 Å². The maximum absolute atomic E-state index is 12.3. The number of fused-ring (bicyclic) bond motifs is 1. The van der Waals surface area contributed by atoms with Gasteiger partial charge in [0.05, 0.1) is 5.52 Å². The molecule has 1 amide bonds. The number of pyridine rings is 2. The number of aromatic nitrogens is 3. The van der Waals surface area contributed by atoms with E-state index in [9.17, 15) is 4.79 Å². The molecule has 0 radical (unpaired) electrons. The molecule has 0 bridgehead atoms. The first-order chi connectivity index (χ1) is 13.1. The highest BCUT2D eigenvalue weighted by Gasteiger charge is 2.21. The zero-order chi connectivity index (χ0) is 19.4. The number of hydrogen-bond donors (Lipinski definition) is 1. The molecule has 0 aromatic carbocycles. The summed E-state index contributed by atoms with van der Waals surface area (Å²) in [5, 5.41) is 4.44. The third kappa shape index (κ3) is 3.79. The van der Waals surface area contributed by atoms with E-state index in [0.717, 1.165) is 53.0 Å². The molecule has 4 rings (SSSR count). The minimum Gasteiger partial charge on any atom is -0.341 e. The lowest BCUT2D eigenvalue weighted by Crippen LogP contribution is -2.43. The number of rotatable bonds is 4. The van der Waals surface area contributed by atoms with Crippen molar-refractivity contribution in [1.29, 1.82) is 0 Å². The Morgan fingerprint density at radius 2 is 1.85 bits per heavy atom. The first kappa shape index (κ1) is 18.9. The number of nitrogens with one attached hydrogen (secondary N) is 1. The fourth-order valence-corrected chi connectivity index (χ4v) is 3.19. The Hall–Kier alpha value is -2.89. The van der Waals surface area contributed by atoms with Gasteiger partial charge in [-0.05, 0) is 43.5 Å². The molecule has 0 unspecified atom stereocenters. The van der Waals surface area contributed by atoms with Gasteiger partial charge < -0.3 is 14.8 Å². The van der Waals surface area contributed by atoms with Gasteiger partial charge in [-0.25, -0.2) is 4.98 Å². The van der Waals surface area contributed by atoms with E-state index in [-0.39, 0.29) is 5.91 Å². The molecular formula is C21H27N5O. The molecule has 0 atom stereocenters. The molecule has 1 fully saturated rings. The Morgan fingerprint density at radius 1 is 1.15 bits per heavy atom. The van der Waals surface area contributed by atoms with Gasteiger partial charge in [-0.3, -0.25) is 9.78 Å². The van der Waals surface area contributed by atoms with Gasteiger partial charge in [-0.15, -0.1) is 0 Å². The van der Waals surface area contributed by atoms with E-state index in [2.05, 4.69) is 15.3 Å². The molecule has 4 heterocycles. The van der Waals surface area contributed by atoms with Crippen LogP contribution in [0.5, 0.6) is 0 Å². The second kappa shape index (κ2) is 8.20. The second-order valence-electron chi connectivity index (χ2n) is 6.54. The van der Waals surface area contributed by atoms with Crippen LogP contribution in [0.25, 0.3) is 10.9 Å². The summed E-state index contributed by atoms with van der Waals surface area (Å²) in [5.41, 5.74) is 4.19. The topological polar surface area (TPSA) is 63.1 Å². The number of amides is 1. The third-order valence-electron chi connectivity index (χ3n) is 4.78. The molecule has 0 aliphatic carbocycles. The normalized spacial score (nSPS) is 13.0. The van der Waals surface area contributed by atoms with Crippen molar-refractivity contribution in [3.05, 3.63) is 48.0 Å². The number of likely N-dealkylation sites (tertiary alicyclic amines) is 1. The molecule has 6 heteroatoms. The van der Waals surface area contributed by atoms with Gasteiger partial charge in [0.1, 0.15) is 12.4 Å². The van der Waals surface area contributed by atoms with Crippen LogP contribution in [0, 0.1) is 13.8 Å². The first-order valence-electron chi connectivity index (χ1n) is 9.53. The van der Waals surface area contributed by atoms with Gasteiger partial charge in [0, 0.05) is 49.0 Å². The summed E-state index contributed by atoms with van der Waals surface area (Å²) in [6, 6.07) is 3.97. The van der Waals surface area contributed by atoms with E-state index in [1.807, 2.05) is 67.9 Å². The maximum Gasteiger partial charge on any atom is 0.242 e. The molecule has 1 aliphatic heterocycles. The van der Waals surface area contributed by atoms with E-state index < -0.39 is 0 Å². The molecule has 1 N–H and O–H groups in total. The molecular weight excluding hydrogens is 338 g/mol. The van der Waals surface area contributed by atoms with Crippen molar-refractivity contribution >= 4 is 28.3 Å². The van der Waals surface area contributed by atoms with Crippen LogP contribution >= 0.6 is 0 Å². The molecule has 0 spiro atoms. The molecule has 27 heavy (non-hydrogen) atoms. The quantitative estimate of drug-likeness (QED) is 0.758. The fourth-order valence-electron chi connectivity index (χ4n) is 3.19. The summed E-state index contributed by atoms with van der Waals surface area (Å²) < 4.78 is 2.00. The van der Waals surface area contributed by atoms with E-state index in [1.54, 1.807) is 6.20 Å². The summed E-state index contributed by atoms with van der Waals surface area (Å²) >= 11 is 0. The van der Waals surface area contributed by atoms with Crippen LogP contribution in [0.1, 0.15) is 31.4 Å². The summed E-state index contributed by atoms with van der Waals surface area (Å²) in [4.78, 5) is 22.9. The van der Waals surface area contributed by atoms with Crippen molar-refractivity contribution in [2.75, 3.05) is 18.4 Å². The highest BCUT2D eigenvalue weighted by Crippen LogP contribution is 2.28. The maximum atomic E-state index is 12.3. The first-order valence-corrected chi connectivity index (χ1v) is 9.53. The average Bonchev–Trinajstić information content (AvgIpc) is 3.02. The minimum absolute atomic E-state index is 0.177. The monoisotopic (exact) mass is 365 g/mol. The number of aryl methyl sites for hydroxylation is 2. The Balaban J connectivity index is 0.00000102. The Bertz CT molecular complexity index is 923. The molecule has 1 aliphatic rings. The van der Waals surface area contributed by atoms with Crippen LogP contribution in [0.3, 0.4) is 0 Å². The van der Waals surface area contributed by atoms with Crippen molar-refractivity contribution in [2.24, 2.45) is 0 Å². The Labute approximate surface area is 160 Å². The molecule has 0 saturated carbocycles. The van der Waals surface area contributed by atoms with Crippen molar-refractivity contribution < 1.29 is 4.79 Å². The van der Waals surface area contributed by atoms with Crippen LogP contribution < -0.4 is 5.32 Å². The molecule has 142 valence electrons. The highest BCUT2D eigenvalue weighted by molar-refractivity contribution is 5.93. The third-order valence-corrected chi connectivity index (χ3v) is 4.78. The van der Waals surface area contributed by atoms with Crippen LogP contribution in [-0.2, 0) is 11.3 Å². The zero-order valence-electron chi connectivity index (χ0n) is 16.5. The summed E-state index contributed by atoms with van der Waals surface area (Å²) in [6.07, 6.45) is 8.53. The van der Waals surface area contributed by atoms with Crippen LogP contribution in [0.4, 0.5) is 11.5 Å². The zero-order valence-corrected chi connectivity index (χ0v) is 16.5. The van der Waals surface area contributed by atoms with E-state index in [0.29, 0.717) is 6.54 Å². The Kier molecular flexibility index (Phi) is 5.74. The molecule has 1 saturated heterocycles. The lowest BCUT2D eigenvalue weighted by atomic mass is 10.1. The summed E-state index contributed by atoms with van der Waals surface area (Å²) in [6.45, 7) is 10.2. The van der Waals surface area contributed by atoms with Crippen LogP contribution in [-0.4, -0.2) is 38.4 Å². The molecule has 6 nitrogen and oxygen atoms in total.